The number of hydrogen-bond donors (Lipinski definition) is 1. The van der Waals surface area contributed by atoms with Crippen molar-refractivity contribution in [3.63, 3.8) is 0 Å². The summed E-state index contributed by atoms with van der Waals surface area (Å²) in [7, 11) is 1.93. The second-order valence-electron chi connectivity index (χ2n) is 5.70. The summed E-state index contributed by atoms with van der Waals surface area (Å²) in [5, 5.41) is 3.13. The highest BCUT2D eigenvalue weighted by atomic mass is 35.5. The van der Waals surface area contributed by atoms with Crippen molar-refractivity contribution >= 4 is 30.1 Å². The molecule has 24 heavy (non-hydrogen) atoms. The molecule has 0 aromatic heterocycles. The van der Waals surface area contributed by atoms with Crippen LogP contribution < -0.4 is 5.32 Å². The van der Waals surface area contributed by atoms with Crippen LogP contribution in [0.15, 0.2) is 29.2 Å². The van der Waals surface area contributed by atoms with Gasteiger partial charge in [-0.2, -0.15) is 13.2 Å². The Morgan fingerprint density at radius 1 is 1.25 bits per heavy atom. The molecule has 1 heterocycles. The molecule has 1 aliphatic heterocycles. The van der Waals surface area contributed by atoms with Crippen LogP contribution >= 0.6 is 24.2 Å². The SMILES string of the molecule is CNCCC1CCN(C(=O)c2ccc(SC(F)(F)F)cc2)CC1.Cl. The zero-order valence-electron chi connectivity index (χ0n) is 13.4. The fourth-order valence-corrected chi connectivity index (χ4v) is 3.29. The number of piperidine rings is 1. The van der Waals surface area contributed by atoms with Gasteiger partial charge in [0.2, 0.25) is 0 Å². The first-order chi connectivity index (χ1) is 10.9. The van der Waals surface area contributed by atoms with E-state index in [-0.39, 0.29) is 35.0 Å². The summed E-state index contributed by atoms with van der Waals surface area (Å²) in [6, 6.07) is 5.66. The predicted molar refractivity (Wildman–Crippen MR) is 92.8 cm³/mol. The number of amides is 1. The number of carbonyl (C=O) groups excluding carboxylic acids is 1. The maximum Gasteiger partial charge on any atom is 0.446 e. The van der Waals surface area contributed by atoms with Gasteiger partial charge in [-0.3, -0.25) is 4.79 Å². The second-order valence-corrected chi connectivity index (χ2v) is 6.84. The molecular formula is C16H22ClF3N2OS. The molecular weight excluding hydrogens is 361 g/mol. The van der Waals surface area contributed by atoms with E-state index in [9.17, 15) is 18.0 Å². The number of nitrogens with zero attached hydrogens (tertiary/aromatic N) is 1. The number of alkyl halides is 3. The van der Waals surface area contributed by atoms with Crippen molar-refractivity contribution in [1.29, 1.82) is 0 Å². The number of benzene rings is 1. The molecule has 0 spiro atoms. The van der Waals surface area contributed by atoms with E-state index in [1.807, 2.05) is 7.05 Å². The molecule has 136 valence electrons. The van der Waals surface area contributed by atoms with Crippen molar-refractivity contribution < 1.29 is 18.0 Å². The van der Waals surface area contributed by atoms with Crippen LogP contribution in [0.1, 0.15) is 29.6 Å². The minimum Gasteiger partial charge on any atom is -0.339 e. The Morgan fingerprint density at radius 3 is 2.33 bits per heavy atom. The van der Waals surface area contributed by atoms with E-state index in [2.05, 4.69) is 5.32 Å². The molecule has 1 saturated heterocycles. The molecule has 0 saturated carbocycles. The van der Waals surface area contributed by atoms with Crippen LogP contribution in [-0.2, 0) is 0 Å². The zero-order valence-corrected chi connectivity index (χ0v) is 15.1. The zero-order chi connectivity index (χ0) is 16.9. The van der Waals surface area contributed by atoms with Crippen molar-refractivity contribution in [3.8, 4) is 0 Å². The highest BCUT2D eigenvalue weighted by Gasteiger charge is 2.29. The third kappa shape index (κ3) is 6.53. The summed E-state index contributed by atoms with van der Waals surface area (Å²) in [4.78, 5) is 14.3. The summed E-state index contributed by atoms with van der Waals surface area (Å²) in [6.45, 7) is 2.41. The van der Waals surface area contributed by atoms with Gasteiger partial charge in [0.15, 0.2) is 0 Å². The van der Waals surface area contributed by atoms with Crippen LogP contribution in [0, 0.1) is 5.92 Å². The average Bonchev–Trinajstić information content (AvgIpc) is 2.52. The number of nitrogens with one attached hydrogen (secondary N) is 1. The molecule has 8 heteroatoms. The van der Waals surface area contributed by atoms with E-state index in [0.717, 1.165) is 25.8 Å². The predicted octanol–water partition coefficient (Wildman–Crippen LogP) is 4.18. The van der Waals surface area contributed by atoms with Gasteiger partial charge in [0, 0.05) is 23.5 Å². The van der Waals surface area contributed by atoms with Crippen LogP contribution in [0.5, 0.6) is 0 Å². The van der Waals surface area contributed by atoms with E-state index in [1.54, 1.807) is 4.90 Å². The molecule has 1 N–H and O–H groups in total. The summed E-state index contributed by atoms with van der Waals surface area (Å²) in [5.41, 5.74) is -3.86. The highest BCUT2D eigenvalue weighted by Crippen LogP contribution is 2.36. The van der Waals surface area contributed by atoms with Gasteiger partial charge in [0.05, 0.1) is 0 Å². The molecule has 0 bridgehead atoms. The Labute approximate surface area is 150 Å². The van der Waals surface area contributed by atoms with Crippen LogP contribution in [0.4, 0.5) is 13.2 Å². The molecule has 1 fully saturated rings. The van der Waals surface area contributed by atoms with E-state index in [1.165, 1.54) is 24.3 Å². The number of likely N-dealkylation sites (tertiary alicyclic amines) is 1. The lowest BCUT2D eigenvalue weighted by Gasteiger charge is -2.32. The minimum absolute atomic E-state index is 0. The summed E-state index contributed by atoms with van der Waals surface area (Å²) in [5.74, 6) is 0.540. The molecule has 1 aromatic rings. The van der Waals surface area contributed by atoms with Gasteiger partial charge < -0.3 is 10.2 Å². The topological polar surface area (TPSA) is 32.3 Å². The molecule has 0 atom stereocenters. The van der Waals surface area contributed by atoms with E-state index < -0.39 is 5.51 Å². The molecule has 0 unspecified atom stereocenters. The van der Waals surface area contributed by atoms with Crippen molar-refractivity contribution in [2.24, 2.45) is 5.92 Å². The maximum absolute atomic E-state index is 12.4. The Balaban J connectivity index is 0.00000288. The molecule has 1 amide bonds. The largest absolute Gasteiger partial charge is 0.446 e. The number of halogens is 4. The van der Waals surface area contributed by atoms with Crippen LogP contribution in [0.25, 0.3) is 0 Å². The van der Waals surface area contributed by atoms with Crippen molar-refractivity contribution in [3.05, 3.63) is 29.8 Å². The van der Waals surface area contributed by atoms with E-state index >= 15 is 0 Å². The highest BCUT2D eigenvalue weighted by molar-refractivity contribution is 8.00. The molecule has 0 aliphatic carbocycles. The quantitative estimate of drug-likeness (QED) is 0.775. The first-order valence-electron chi connectivity index (χ1n) is 7.69. The lowest BCUT2D eigenvalue weighted by atomic mass is 9.93. The Bertz CT molecular complexity index is 517. The lowest BCUT2D eigenvalue weighted by molar-refractivity contribution is -0.0328. The van der Waals surface area contributed by atoms with Gasteiger partial charge >= 0.3 is 5.51 Å². The monoisotopic (exact) mass is 382 g/mol. The van der Waals surface area contributed by atoms with Crippen molar-refractivity contribution in [1.82, 2.24) is 10.2 Å². The Morgan fingerprint density at radius 2 is 1.83 bits per heavy atom. The van der Waals surface area contributed by atoms with Gasteiger partial charge in [0.25, 0.3) is 5.91 Å². The van der Waals surface area contributed by atoms with E-state index in [0.29, 0.717) is 24.6 Å². The van der Waals surface area contributed by atoms with Crippen LogP contribution in [0.2, 0.25) is 0 Å². The molecule has 0 radical (unpaired) electrons. The minimum atomic E-state index is -4.30. The average molecular weight is 383 g/mol. The third-order valence-electron chi connectivity index (χ3n) is 4.04. The molecule has 3 nitrogen and oxygen atoms in total. The standard InChI is InChI=1S/C16H21F3N2OS.ClH/c1-20-9-6-12-7-10-21(11-8-12)15(22)13-2-4-14(5-3-13)23-16(17,18)19;/h2-5,12,20H,6-11H2,1H3;1H. The third-order valence-corrected chi connectivity index (χ3v) is 4.78. The number of rotatable bonds is 5. The first kappa shape index (κ1) is 21.1. The van der Waals surface area contributed by atoms with Crippen molar-refractivity contribution in [2.45, 2.75) is 29.7 Å². The van der Waals surface area contributed by atoms with E-state index in [4.69, 9.17) is 0 Å². The lowest BCUT2D eigenvalue weighted by Crippen LogP contribution is -2.38. The van der Waals surface area contributed by atoms with Crippen LogP contribution in [0.3, 0.4) is 0 Å². The smallest absolute Gasteiger partial charge is 0.339 e. The Hall–Kier alpha value is -0.920. The number of thioether (sulfide) groups is 1. The normalized spacial score (nSPS) is 15.9. The maximum atomic E-state index is 12.4. The number of hydrogen-bond acceptors (Lipinski definition) is 3. The van der Waals surface area contributed by atoms with Gasteiger partial charge in [0.1, 0.15) is 0 Å². The molecule has 2 rings (SSSR count). The summed E-state index contributed by atoms with van der Waals surface area (Å²) >= 11 is -0.166. The fourth-order valence-electron chi connectivity index (χ4n) is 2.75. The summed E-state index contributed by atoms with van der Waals surface area (Å²) < 4.78 is 36.9. The second kappa shape index (κ2) is 9.53. The van der Waals surface area contributed by atoms with Gasteiger partial charge in [-0.25, -0.2) is 0 Å². The Kier molecular flexibility index (Phi) is 8.39. The van der Waals surface area contributed by atoms with Gasteiger partial charge in [-0.05, 0) is 74.8 Å². The fraction of sp³-hybridized carbons (Fsp3) is 0.562. The van der Waals surface area contributed by atoms with Gasteiger partial charge in [-0.15, -0.1) is 12.4 Å². The molecule has 1 aromatic carbocycles. The van der Waals surface area contributed by atoms with Crippen molar-refractivity contribution in [2.75, 3.05) is 26.7 Å². The number of carbonyl (C=O) groups is 1. The van der Waals surface area contributed by atoms with Crippen LogP contribution in [-0.4, -0.2) is 43.0 Å². The molecule has 1 aliphatic rings. The summed E-state index contributed by atoms with van der Waals surface area (Å²) in [6.07, 6.45) is 3.08. The van der Waals surface area contributed by atoms with Gasteiger partial charge in [-0.1, -0.05) is 0 Å². The first-order valence-corrected chi connectivity index (χ1v) is 8.50.